The third-order valence-corrected chi connectivity index (χ3v) is 6.46. The van der Waals surface area contributed by atoms with Crippen molar-refractivity contribution < 1.29 is 24.2 Å². The van der Waals surface area contributed by atoms with Crippen LogP contribution in [0.25, 0.3) is 11.4 Å². The van der Waals surface area contributed by atoms with E-state index in [2.05, 4.69) is 5.10 Å². The zero-order valence-electron chi connectivity index (χ0n) is 21.3. The van der Waals surface area contributed by atoms with Crippen LogP contribution in [0.15, 0.2) is 66.4 Å². The third kappa shape index (κ3) is 5.03. The van der Waals surface area contributed by atoms with Crippen molar-refractivity contribution in [3.05, 3.63) is 88.8 Å². The Morgan fingerprint density at radius 2 is 1.76 bits per heavy atom. The molecule has 0 spiro atoms. The second-order valence-corrected chi connectivity index (χ2v) is 9.15. The van der Waals surface area contributed by atoms with Gasteiger partial charge in [-0.2, -0.15) is 5.10 Å². The van der Waals surface area contributed by atoms with Crippen LogP contribution < -0.4 is 0 Å². The van der Waals surface area contributed by atoms with E-state index in [4.69, 9.17) is 4.74 Å². The molecule has 192 valence electrons. The van der Waals surface area contributed by atoms with Gasteiger partial charge in [0.15, 0.2) is 0 Å². The van der Waals surface area contributed by atoms with Crippen LogP contribution >= 0.6 is 0 Å². The number of aliphatic hydroxyl groups is 1. The molecule has 4 rings (SSSR count). The fraction of sp³-hybridized carbons (Fsp3) is 0.286. The summed E-state index contributed by atoms with van der Waals surface area (Å²) in [6.45, 7) is 2.84. The molecule has 1 saturated heterocycles. The van der Waals surface area contributed by atoms with Crippen molar-refractivity contribution in [3.8, 4) is 5.69 Å². The minimum atomic E-state index is -0.812. The zero-order chi connectivity index (χ0) is 26.7. The number of carbonyl (C=O) groups excluding carboxylic acids is 3. The quantitative estimate of drug-likeness (QED) is 0.218. The van der Waals surface area contributed by atoms with E-state index in [0.717, 1.165) is 12.2 Å². The third-order valence-electron chi connectivity index (χ3n) is 6.46. The lowest BCUT2D eigenvalue weighted by Gasteiger charge is -2.26. The smallest absolute Gasteiger partial charge is 0.337 e. The Balaban J connectivity index is 1.81. The summed E-state index contributed by atoms with van der Waals surface area (Å²) in [7, 11) is 5.17. The van der Waals surface area contributed by atoms with E-state index < -0.39 is 23.7 Å². The Hall–Kier alpha value is -4.24. The molecule has 9 heteroatoms. The molecule has 2 heterocycles. The van der Waals surface area contributed by atoms with E-state index in [1.54, 1.807) is 35.9 Å². The van der Waals surface area contributed by atoms with Crippen LogP contribution in [-0.4, -0.2) is 76.6 Å². The minimum absolute atomic E-state index is 0.00335. The number of nitrogens with zero attached hydrogens (tertiary/aromatic N) is 4. The van der Waals surface area contributed by atoms with Crippen LogP contribution in [0, 0.1) is 6.92 Å². The summed E-state index contributed by atoms with van der Waals surface area (Å²) in [5.74, 6) is -2.20. The molecule has 0 saturated carbocycles. The van der Waals surface area contributed by atoms with Gasteiger partial charge >= 0.3 is 5.97 Å². The molecule has 1 fully saturated rings. The van der Waals surface area contributed by atoms with Crippen LogP contribution in [-0.2, 0) is 14.3 Å². The number of ketones is 1. The van der Waals surface area contributed by atoms with Crippen molar-refractivity contribution in [2.45, 2.75) is 19.4 Å². The Morgan fingerprint density at radius 1 is 1.08 bits per heavy atom. The summed E-state index contributed by atoms with van der Waals surface area (Å²) in [5, 5.41) is 15.8. The highest BCUT2D eigenvalue weighted by Crippen LogP contribution is 2.40. The van der Waals surface area contributed by atoms with E-state index >= 15 is 0 Å². The van der Waals surface area contributed by atoms with Crippen molar-refractivity contribution in [2.75, 3.05) is 34.3 Å². The van der Waals surface area contributed by atoms with E-state index in [0.29, 0.717) is 35.3 Å². The molecule has 0 radical (unpaired) electrons. The maximum atomic E-state index is 13.3. The summed E-state index contributed by atoms with van der Waals surface area (Å²) in [4.78, 5) is 41.9. The number of methoxy groups -OCH3 is 1. The van der Waals surface area contributed by atoms with Gasteiger partial charge in [0.2, 0.25) is 0 Å². The molecule has 1 aromatic heterocycles. The number of carbonyl (C=O) groups is 3. The highest BCUT2D eigenvalue weighted by atomic mass is 16.5. The molecule has 1 aliphatic rings. The Kier molecular flexibility index (Phi) is 7.54. The van der Waals surface area contributed by atoms with Crippen molar-refractivity contribution in [2.24, 2.45) is 0 Å². The molecule has 0 unspecified atom stereocenters. The van der Waals surface area contributed by atoms with Gasteiger partial charge in [-0.3, -0.25) is 9.59 Å². The van der Waals surface area contributed by atoms with Crippen molar-refractivity contribution >= 4 is 23.4 Å². The van der Waals surface area contributed by atoms with E-state index in [1.165, 1.54) is 18.2 Å². The lowest BCUT2D eigenvalue weighted by atomic mass is 9.94. The standard InChI is InChI=1S/C28H30N4O5/c1-18-22(17-29-32(18)21-9-6-5-7-10-21)25(33)23-24(19-11-13-20(14-12-19)28(36)37-4)31(27(35)26(23)34)16-8-15-30(2)3/h5-7,9-14,17,24,33H,8,15-16H2,1-4H3/t24-/m0/s1. The fourth-order valence-corrected chi connectivity index (χ4v) is 4.55. The number of hydrogen-bond acceptors (Lipinski definition) is 7. The van der Waals surface area contributed by atoms with Crippen molar-refractivity contribution in [3.63, 3.8) is 0 Å². The summed E-state index contributed by atoms with van der Waals surface area (Å²) < 4.78 is 6.45. The summed E-state index contributed by atoms with van der Waals surface area (Å²) in [5.41, 5.74) is 2.74. The topological polar surface area (TPSA) is 105 Å². The number of Topliss-reactive ketones (excluding diaryl/α,β-unsaturated/α-hetero) is 1. The Bertz CT molecular complexity index is 1340. The first kappa shape index (κ1) is 25.8. The minimum Gasteiger partial charge on any atom is -0.507 e. The lowest BCUT2D eigenvalue weighted by molar-refractivity contribution is -0.139. The van der Waals surface area contributed by atoms with Gasteiger partial charge in [-0.1, -0.05) is 30.3 Å². The van der Waals surface area contributed by atoms with Crippen LogP contribution in [0.5, 0.6) is 0 Å². The number of para-hydroxylation sites is 1. The number of rotatable bonds is 8. The molecular formula is C28H30N4O5. The molecular weight excluding hydrogens is 472 g/mol. The van der Waals surface area contributed by atoms with E-state index in [-0.39, 0.29) is 11.3 Å². The lowest BCUT2D eigenvalue weighted by Crippen LogP contribution is -2.32. The first-order chi connectivity index (χ1) is 17.7. The molecule has 2 aromatic carbocycles. The average molecular weight is 503 g/mol. The molecule has 1 atom stereocenters. The van der Waals surface area contributed by atoms with Crippen molar-refractivity contribution in [1.82, 2.24) is 19.6 Å². The van der Waals surface area contributed by atoms with Gasteiger partial charge in [-0.25, -0.2) is 9.48 Å². The average Bonchev–Trinajstić information content (AvgIpc) is 3.41. The molecule has 3 aromatic rings. The number of likely N-dealkylation sites (tertiary alicyclic amines) is 1. The second-order valence-electron chi connectivity index (χ2n) is 9.15. The SMILES string of the molecule is COC(=O)c1ccc([C@H]2C(=C(O)c3cnn(-c4ccccc4)c3C)C(=O)C(=O)N2CCCN(C)C)cc1. The molecule has 9 nitrogen and oxygen atoms in total. The van der Waals surface area contributed by atoms with Crippen LogP contribution in [0.2, 0.25) is 0 Å². The van der Waals surface area contributed by atoms with E-state index in [1.807, 2.05) is 49.3 Å². The number of aliphatic hydroxyl groups excluding tert-OH is 1. The van der Waals surface area contributed by atoms with Gasteiger partial charge in [0.05, 0.1) is 47.4 Å². The summed E-state index contributed by atoms with van der Waals surface area (Å²) in [6.07, 6.45) is 2.14. The first-order valence-corrected chi connectivity index (χ1v) is 12.0. The Morgan fingerprint density at radius 3 is 2.38 bits per heavy atom. The molecule has 1 N–H and O–H groups in total. The van der Waals surface area contributed by atoms with Gasteiger partial charge in [0.1, 0.15) is 5.76 Å². The maximum Gasteiger partial charge on any atom is 0.337 e. The number of amides is 1. The number of aromatic nitrogens is 2. The van der Waals surface area contributed by atoms with Gasteiger partial charge in [-0.05, 0) is 63.8 Å². The van der Waals surface area contributed by atoms with Crippen molar-refractivity contribution in [1.29, 1.82) is 0 Å². The van der Waals surface area contributed by atoms with Gasteiger partial charge in [0.25, 0.3) is 11.7 Å². The molecule has 1 amide bonds. The highest BCUT2D eigenvalue weighted by Gasteiger charge is 2.46. The molecule has 1 aliphatic heterocycles. The monoisotopic (exact) mass is 502 g/mol. The predicted molar refractivity (Wildman–Crippen MR) is 138 cm³/mol. The second kappa shape index (κ2) is 10.8. The summed E-state index contributed by atoms with van der Waals surface area (Å²) in [6, 6.07) is 15.1. The first-order valence-electron chi connectivity index (χ1n) is 12.0. The highest BCUT2D eigenvalue weighted by molar-refractivity contribution is 6.46. The van der Waals surface area contributed by atoms with Gasteiger partial charge < -0.3 is 19.6 Å². The van der Waals surface area contributed by atoms with Crippen LogP contribution in [0.4, 0.5) is 0 Å². The number of benzene rings is 2. The normalized spacial score (nSPS) is 17.0. The zero-order valence-corrected chi connectivity index (χ0v) is 21.3. The molecule has 0 bridgehead atoms. The Labute approximate surface area is 215 Å². The fourth-order valence-electron chi connectivity index (χ4n) is 4.55. The number of hydrogen-bond donors (Lipinski definition) is 1. The maximum absolute atomic E-state index is 13.3. The largest absolute Gasteiger partial charge is 0.507 e. The number of ether oxygens (including phenoxy) is 1. The summed E-state index contributed by atoms with van der Waals surface area (Å²) >= 11 is 0. The predicted octanol–water partition coefficient (Wildman–Crippen LogP) is 3.34. The van der Waals surface area contributed by atoms with E-state index in [9.17, 15) is 19.5 Å². The van der Waals surface area contributed by atoms with Gasteiger partial charge in [0, 0.05) is 6.54 Å². The van der Waals surface area contributed by atoms with Gasteiger partial charge in [-0.15, -0.1) is 0 Å². The number of esters is 1. The molecule has 0 aliphatic carbocycles. The van der Waals surface area contributed by atoms with Crippen LogP contribution in [0.3, 0.4) is 0 Å². The van der Waals surface area contributed by atoms with Crippen LogP contribution in [0.1, 0.15) is 39.6 Å². The molecule has 37 heavy (non-hydrogen) atoms.